The van der Waals surface area contributed by atoms with E-state index in [0.717, 1.165) is 28.7 Å². The highest BCUT2D eigenvalue weighted by atomic mass is 35.5. The van der Waals surface area contributed by atoms with Crippen molar-refractivity contribution in [1.29, 1.82) is 0 Å². The van der Waals surface area contributed by atoms with Crippen LogP contribution in [-0.4, -0.2) is 30.4 Å². The first kappa shape index (κ1) is 18.3. The van der Waals surface area contributed by atoms with E-state index in [1.165, 1.54) is 45.3 Å². The summed E-state index contributed by atoms with van der Waals surface area (Å²) in [6.07, 6.45) is 6.09. The molecule has 4 nitrogen and oxygen atoms in total. The van der Waals surface area contributed by atoms with Crippen LogP contribution in [0.3, 0.4) is 0 Å². The molecule has 0 atom stereocenters. The third-order valence-electron chi connectivity index (χ3n) is 5.10. The van der Waals surface area contributed by atoms with Crippen molar-refractivity contribution in [2.24, 2.45) is 11.7 Å². The Bertz CT molecular complexity index is 733. The zero-order valence-corrected chi connectivity index (χ0v) is 15.6. The van der Waals surface area contributed by atoms with Crippen LogP contribution in [0.1, 0.15) is 43.9 Å². The van der Waals surface area contributed by atoms with Gasteiger partial charge >= 0.3 is 0 Å². The number of nitrogens with two attached hydrogens (primary N) is 1. The smallest absolute Gasteiger partial charge is 0.221 e. The molecule has 2 heterocycles. The molecule has 1 aromatic carbocycles. The van der Waals surface area contributed by atoms with Gasteiger partial charge in [-0.05, 0) is 63.0 Å². The lowest BCUT2D eigenvalue weighted by atomic mass is 9.92. The summed E-state index contributed by atoms with van der Waals surface area (Å²) in [7, 11) is 0. The second-order valence-electron chi connectivity index (χ2n) is 7.18. The number of carbonyl (C=O) groups is 1. The summed E-state index contributed by atoms with van der Waals surface area (Å²) < 4.78 is 6.07. The van der Waals surface area contributed by atoms with E-state index in [-0.39, 0.29) is 12.3 Å². The molecule has 2 aromatic rings. The molecule has 0 unspecified atom stereocenters. The summed E-state index contributed by atoms with van der Waals surface area (Å²) >= 11 is 6.17. The molecule has 3 rings (SSSR count). The molecule has 1 fully saturated rings. The number of piperidine rings is 1. The lowest BCUT2D eigenvalue weighted by Crippen LogP contribution is -2.34. The van der Waals surface area contributed by atoms with E-state index >= 15 is 0 Å². The molecule has 1 saturated heterocycles. The van der Waals surface area contributed by atoms with Gasteiger partial charge in [-0.3, -0.25) is 4.79 Å². The van der Waals surface area contributed by atoms with Crippen molar-refractivity contribution < 1.29 is 9.21 Å². The predicted molar refractivity (Wildman–Crippen MR) is 102 cm³/mol. The summed E-state index contributed by atoms with van der Waals surface area (Å²) in [5, 5.41) is 1.57. The van der Waals surface area contributed by atoms with Crippen molar-refractivity contribution in [2.45, 2.75) is 45.4 Å². The molecule has 0 saturated carbocycles. The number of primary amides is 1. The molecular weight excluding hydrogens is 336 g/mol. The second-order valence-corrected chi connectivity index (χ2v) is 7.62. The standard InChI is InChI=1S/C20H27ClN2O2/c1-2-3-6-23-7-4-14(5-8-23)9-18-12-15-10-17(21)11-16(13-19(22)24)20(15)25-18/h10-12,14H,2-9,13H2,1H3,(H2,22,24). The monoisotopic (exact) mass is 362 g/mol. The Labute approximate surface area is 154 Å². The third-order valence-corrected chi connectivity index (χ3v) is 5.32. The van der Waals surface area contributed by atoms with Crippen LogP contribution in [-0.2, 0) is 17.6 Å². The van der Waals surface area contributed by atoms with Gasteiger partial charge in [0.1, 0.15) is 11.3 Å². The number of likely N-dealkylation sites (tertiary alicyclic amines) is 1. The number of furan rings is 1. The van der Waals surface area contributed by atoms with Gasteiger partial charge in [0, 0.05) is 22.4 Å². The number of rotatable bonds is 7. The van der Waals surface area contributed by atoms with Crippen LogP contribution in [0.15, 0.2) is 22.6 Å². The Hall–Kier alpha value is -1.52. The van der Waals surface area contributed by atoms with E-state index < -0.39 is 0 Å². The van der Waals surface area contributed by atoms with E-state index in [0.29, 0.717) is 10.9 Å². The lowest BCUT2D eigenvalue weighted by molar-refractivity contribution is -0.117. The maximum absolute atomic E-state index is 11.3. The summed E-state index contributed by atoms with van der Waals surface area (Å²) in [6.45, 7) is 5.84. The Morgan fingerprint density at radius 1 is 1.32 bits per heavy atom. The van der Waals surface area contributed by atoms with Gasteiger partial charge in [-0.25, -0.2) is 0 Å². The van der Waals surface area contributed by atoms with E-state index in [4.69, 9.17) is 21.8 Å². The molecule has 0 bridgehead atoms. The van der Waals surface area contributed by atoms with Gasteiger partial charge < -0.3 is 15.1 Å². The first-order valence-electron chi connectivity index (χ1n) is 9.26. The van der Waals surface area contributed by atoms with Crippen LogP contribution in [0.4, 0.5) is 0 Å². The highest BCUT2D eigenvalue weighted by Crippen LogP contribution is 2.30. The minimum absolute atomic E-state index is 0.153. The largest absolute Gasteiger partial charge is 0.461 e. The Morgan fingerprint density at radius 3 is 2.76 bits per heavy atom. The highest BCUT2D eigenvalue weighted by molar-refractivity contribution is 6.31. The van der Waals surface area contributed by atoms with E-state index in [1.54, 1.807) is 6.07 Å². The lowest BCUT2D eigenvalue weighted by Gasteiger charge is -2.31. The normalized spacial score (nSPS) is 16.6. The number of unbranched alkanes of at least 4 members (excludes halogenated alkanes) is 1. The van der Waals surface area contributed by atoms with Gasteiger partial charge in [-0.2, -0.15) is 0 Å². The fourth-order valence-electron chi connectivity index (χ4n) is 3.74. The van der Waals surface area contributed by atoms with E-state index in [2.05, 4.69) is 17.9 Å². The van der Waals surface area contributed by atoms with E-state index in [9.17, 15) is 4.79 Å². The first-order valence-corrected chi connectivity index (χ1v) is 9.64. The summed E-state index contributed by atoms with van der Waals surface area (Å²) in [6, 6.07) is 5.73. The average Bonchev–Trinajstić information content (AvgIpc) is 2.96. The molecule has 1 amide bonds. The molecule has 0 radical (unpaired) electrons. The third kappa shape index (κ3) is 4.77. The number of carbonyl (C=O) groups excluding carboxylic acids is 1. The number of benzene rings is 1. The predicted octanol–water partition coefficient (Wildman–Crippen LogP) is 4.17. The van der Waals surface area contributed by atoms with Crippen molar-refractivity contribution >= 4 is 28.5 Å². The zero-order chi connectivity index (χ0) is 17.8. The molecule has 1 aliphatic heterocycles. The van der Waals surface area contributed by atoms with Gasteiger partial charge in [0.2, 0.25) is 5.91 Å². The summed E-state index contributed by atoms with van der Waals surface area (Å²) in [4.78, 5) is 13.9. The van der Waals surface area contributed by atoms with Gasteiger partial charge in [0.15, 0.2) is 0 Å². The first-order chi connectivity index (χ1) is 12.0. The van der Waals surface area contributed by atoms with Crippen LogP contribution in [0.25, 0.3) is 11.0 Å². The maximum Gasteiger partial charge on any atom is 0.221 e. The maximum atomic E-state index is 11.3. The van der Waals surface area contributed by atoms with E-state index in [1.807, 2.05) is 6.07 Å². The van der Waals surface area contributed by atoms with Crippen LogP contribution >= 0.6 is 11.6 Å². The van der Waals surface area contributed by atoms with Gasteiger partial charge in [0.25, 0.3) is 0 Å². The fourth-order valence-corrected chi connectivity index (χ4v) is 3.99. The van der Waals surface area contributed by atoms with Gasteiger partial charge in [-0.15, -0.1) is 0 Å². The highest BCUT2D eigenvalue weighted by Gasteiger charge is 2.21. The molecule has 25 heavy (non-hydrogen) atoms. The molecule has 1 aromatic heterocycles. The zero-order valence-electron chi connectivity index (χ0n) is 14.9. The number of fused-ring (bicyclic) bond motifs is 1. The average molecular weight is 363 g/mol. The Kier molecular flexibility index (Phi) is 6.02. The van der Waals surface area contributed by atoms with Crippen molar-refractivity contribution in [1.82, 2.24) is 4.90 Å². The molecular formula is C20H27ClN2O2. The van der Waals surface area contributed by atoms with Gasteiger partial charge in [0.05, 0.1) is 6.42 Å². The Balaban J connectivity index is 1.67. The molecule has 136 valence electrons. The molecule has 5 heteroatoms. The topological polar surface area (TPSA) is 59.5 Å². The second kappa shape index (κ2) is 8.24. The minimum Gasteiger partial charge on any atom is -0.461 e. The van der Waals surface area contributed by atoms with Crippen LogP contribution in [0, 0.1) is 5.92 Å². The van der Waals surface area contributed by atoms with Crippen molar-refractivity contribution in [2.75, 3.05) is 19.6 Å². The quantitative estimate of drug-likeness (QED) is 0.804. The molecule has 0 spiro atoms. The van der Waals surface area contributed by atoms with Crippen LogP contribution in [0.5, 0.6) is 0 Å². The molecule has 1 aliphatic rings. The molecule has 2 N–H and O–H groups in total. The Morgan fingerprint density at radius 2 is 2.08 bits per heavy atom. The number of hydrogen-bond acceptors (Lipinski definition) is 3. The number of hydrogen-bond donors (Lipinski definition) is 1. The summed E-state index contributed by atoms with van der Waals surface area (Å²) in [5.41, 5.74) is 6.86. The minimum atomic E-state index is -0.374. The van der Waals surface area contributed by atoms with Crippen molar-refractivity contribution in [3.63, 3.8) is 0 Å². The van der Waals surface area contributed by atoms with Crippen molar-refractivity contribution in [3.05, 3.63) is 34.5 Å². The number of amides is 1. The fraction of sp³-hybridized carbons (Fsp3) is 0.550. The SMILES string of the molecule is CCCCN1CCC(Cc2cc3cc(Cl)cc(CC(N)=O)c3o2)CC1. The molecule has 0 aliphatic carbocycles. The summed E-state index contributed by atoms with van der Waals surface area (Å²) in [5.74, 6) is 1.27. The number of nitrogens with zero attached hydrogens (tertiary/aromatic N) is 1. The van der Waals surface area contributed by atoms with Crippen LogP contribution in [0.2, 0.25) is 5.02 Å². The van der Waals surface area contributed by atoms with Crippen molar-refractivity contribution in [3.8, 4) is 0 Å². The van der Waals surface area contributed by atoms with Gasteiger partial charge in [-0.1, -0.05) is 24.9 Å². The number of halogens is 1. The van der Waals surface area contributed by atoms with Crippen LogP contribution < -0.4 is 5.73 Å².